The molecule has 4 rings (SSSR count). The van der Waals surface area contributed by atoms with Crippen LogP contribution in [0.3, 0.4) is 0 Å². The van der Waals surface area contributed by atoms with Gasteiger partial charge in [-0.25, -0.2) is 17.6 Å². The van der Waals surface area contributed by atoms with E-state index in [1.807, 2.05) is 13.8 Å². The van der Waals surface area contributed by atoms with Gasteiger partial charge in [-0.05, 0) is 54.8 Å². The molecule has 0 saturated carbocycles. The van der Waals surface area contributed by atoms with Gasteiger partial charge in [0.15, 0.2) is 0 Å². The van der Waals surface area contributed by atoms with Crippen molar-refractivity contribution in [2.45, 2.75) is 36.5 Å². The third-order valence-electron chi connectivity index (χ3n) is 5.46. The van der Waals surface area contributed by atoms with E-state index in [1.165, 1.54) is 24.3 Å². The summed E-state index contributed by atoms with van der Waals surface area (Å²) in [6.45, 7) is 4.05. The summed E-state index contributed by atoms with van der Waals surface area (Å²) in [4.78, 5) is 15.8. The number of ether oxygens (including phenoxy) is 1. The number of esters is 1. The molecule has 0 radical (unpaired) electrons. The highest BCUT2D eigenvalue weighted by Crippen LogP contribution is 2.34. The number of aromatic nitrogens is 1. The molecule has 170 valence electrons. The number of halogens is 1. The molecule has 0 bridgehead atoms. The smallest absolute Gasteiger partial charge is 0.356 e. The van der Waals surface area contributed by atoms with Gasteiger partial charge in [0.2, 0.25) is 9.84 Å². The van der Waals surface area contributed by atoms with Crippen LogP contribution in [0.25, 0.3) is 22.0 Å². The predicted molar refractivity (Wildman–Crippen MR) is 126 cm³/mol. The number of H-pyrrole nitrogens is 1. The summed E-state index contributed by atoms with van der Waals surface area (Å²) in [5, 5.41) is 0.392. The molecule has 1 heterocycles. The van der Waals surface area contributed by atoms with Gasteiger partial charge in [0, 0.05) is 10.9 Å². The third kappa shape index (κ3) is 4.54. The van der Waals surface area contributed by atoms with E-state index in [0.717, 1.165) is 23.1 Å². The van der Waals surface area contributed by atoms with E-state index in [1.54, 1.807) is 42.5 Å². The van der Waals surface area contributed by atoms with Crippen LogP contribution in [0.4, 0.5) is 4.39 Å². The third-order valence-corrected chi connectivity index (χ3v) is 7.32. The van der Waals surface area contributed by atoms with E-state index in [4.69, 9.17) is 4.74 Å². The Morgan fingerprint density at radius 2 is 1.64 bits per heavy atom. The lowest BCUT2D eigenvalue weighted by atomic mass is 10.0. The number of carbonyl (C=O) groups excluding carboxylic acids is 1. The number of carbonyl (C=O) groups is 1. The molecular formula is C26H24FNO4S. The molecule has 0 amide bonds. The van der Waals surface area contributed by atoms with Crippen molar-refractivity contribution in [1.29, 1.82) is 0 Å². The van der Waals surface area contributed by atoms with Crippen LogP contribution < -0.4 is 0 Å². The lowest BCUT2D eigenvalue weighted by Gasteiger charge is -2.08. The molecule has 3 aromatic carbocycles. The van der Waals surface area contributed by atoms with Crippen molar-refractivity contribution in [1.82, 2.24) is 4.98 Å². The van der Waals surface area contributed by atoms with Crippen molar-refractivity contribution >= 4 is 26.7 Å². The highest BCUT2D eigenvalue weighted by atomic mass is 32.2. The lowest BCUT2D eigenvalue weighted by Crippen LogP contribution is -2.12. The van der Waals surface area contributed by atoms with Crippen LogP contribution in [-0.4, -0.2) is 26.0 Å². The Balaban J connectivity index is 1.88. The van der Waals surface area contributed by atoms with Crippen LogP contribution in [-0.2, 0) is 14.6 Å². The normalized spacial score (nSPS) is 11.6. The van der Waals surface area contributed by atoms with Crippen LogP contribution >= 0.6 is 0 Å². The van der Waals surface area contributed by atoms with Gasteiger partial charge in [0.05, 0.1) is 11.5 Å². The van der Waals surface area contributed by atoms with Gasteiger partial charge < -0.3 is 9.72 Å². The molecule has 0 unspecified atom stereocenters. The summed E-state index contributed by atoms with van der Waals surface area (Å²) in [5.41, 5.74) is 2.83. The fourth-order valence-electron chi connectivity index (χ4n) is 3.63. The van der Waals surface area contributed by atoms with E-state index in [0.29, 0.717) is 17.3 Å². The molecule has 0 fully saturated rings. The van der Waals surface area contributed by atoms with E-state index in [-0.39, 0.29) is 27.9 Å². The van der Waals surface area contributed by atoms with Gasteiger partial charge in [-0.2, -0.15) is 0 Å². The van der Waals surface area contributed by atoms with Crippen molar-refractivity contribution in [3.05, 3.63) is 83.8 Å². The Labute approximate surface area is 192 Å². The van der Waals surface area contributed by atoms with Crippen molar-refractivity contribution in [2.24, 2.45) is 0 Å². The predicted octanol–water partition coefficient (Wildman–Crippen LogP) is 6.07. The zero-order valence-corrected chi connectivity index (χ0v) is 19.2. The zero-order chi connectivity index (χ0) is 23.6. The van der Waals surface area contributed by atoms with Gasteiger partial charge in [-0.1, -0.05) is 55.3 Å². The highest BCUT2D eigenvalue weighted by Gasteiger charge is 2.30. The molecule has 0 aliphatic rings. The first-order valence-corrected chi connectivity index (χ1v) is 12.2. The number of unbranched alkanes of at least 4 members (excludes halogenated alkanes) is 1. The highest BCUT2D eigenvalue weighted by molar-refractivity contribution is 7.91. The van der Waals surface area contributed by atoms with E-state index < -0.39 is 15.8 Å². The second-order valence-corrected chi connectivity index (χ2v) is 9.79. The Bertz CT molecular complexity index is 1410. The molecule has 0 spiro atoms. The Morgan fingerprint density at radius 1 is 0.970 bits per heavy atom. The first-order chi connectivity index (χ1) is 15.8. The molecule has 0 saturated heterocycles. The molecule has 1 aromatic heterocycles. The van der Waals surface area contributed by atoms with Crippen molar-refractivity contribution < 1.29 is 22.3 Å². The summed E-state index contributed by atoms with van der Waals surface area (Å²) >= 11 is 0. The summed E-state index contributed by atoms with van der Waals surface area (Å²) in [7, 11) is -4.01. The van der Waals surface area contributed by atoms with Crippen LogP contribution in [0.15, 0.2) is 76.5 Å². The molecule has 33 heavy (non-hydrogen) atoms. The summed E-state index contributed by atoms with van der Waals surface area (Å²) in [5.74, 6) is -1.06. The number of nitrogens with one attached hydrogen (secondary N) is 1. The summed E-state index contributed by atoms with van der Waals surface area (Å²) in [6, 6.07) is 17.7. The summed E-state index contributed by atoms with van der Waals surface area (Å²) in [6.07, 6.45) is 1.52. The van der Waals surface area contributed by atoms with Crippen molar-refractivity contribution in [2.75, 3.05) is 6.61 Å². The second-order valence-electron chi connectivity index (χ2n) is 7.90. The first-order valence-electron chi connectivity index (χ1n) is 10.7. The first kappa shape index (κ1) is 22.7. The zero-order valence-electron chi connectivity index (χ0n) is 18.4. The van der Waals surface area contributed by atoms with Crippen LogP contribution in [0.2, 0.25) is 0 Å². The molecule has 1 N–H and O–H groups in total. The number of aromatic amines is 1. The Kier molecular flexibility index (Phi) is 6.33. The van der Waals surface area contributed by atoms with Crippen molar-refractivity contribution in [3.8, 4) is 11.1 Å². The van der Waals surface area contributed by atoms with Gasteiger partial charge in [-0.3, -0.25) is 0 Å². The maximum atomic E-state index is 13.6. The molecular weight excluding hydrogens is 441 g/mol. The number of fused-ring (bicyclic) bond motifs is 1. The fraction of sp³-hybridized carbons (Fsp3) is 0.192. The number of sulfone groups is 1. The number of hydrogen-bond acceptors (Lipinski definition) is 4. The maximum absolute atomic E-state index is 13.6. The molecule has 0 aliphatic carbocycles. The number of benzene rings is 3. The minimum atomic E-state index is -4.01. The molecule has 0 atom stereocenters. The van der Waals surface area contributed by atoms with Crippen molar-refractivity contribution in [3.63, 3.8) is 0 Å². The fourth-order valence-corrected chi connectivity index (χ4v) is 5.23. The standard InChI is InChI=1S/C26H24FNO4S/c1-3-4-15-32-26(29)24-25(33(30,31)21-12-5-17(2)6-13-21)22-14-9-19(16-23(22)28-24)18-7-10-20(27)11-8-18/h5-14,16,28H,3-4,15H2,1-2H3. The minimum absolute atomic E-state index is 0.0965. The topological polar surface area (TPSA) is 76.2 Å². The molecule has 5 nitrogen and oxygen atoms in total. The number of hydrogen-bond donors (Lipinski definition) is 1. The lowest BCUT2D eigenvalue weighted by molar-refractivity contribution is 0.0489. The quantitative estimate of drug-likeness (QED) is 0.265. The monoisotopic (exact) mass is 465 g/mol. The maximum Gasteiger partial charge on any atom is 0.356 e. The number of rotatable bonds is 7. The van der Waals surface area contributed by atoms with Crippen LogP contribution in [0.5, 0.6) is 0 Å². The van der Waals surface area contributed by atoms with Crippen LogP contribution in [0.1, 0.15) is 35.8 Å². The SMILES string of the molecule is CCCCOC(=O)c1[nH]c2cc(-c3ccc(F)cc3)ccc2c1S(=O)(=O)c1ccc(C)cc1. The minimum Gasteiger partial charge on any atom is -0.461 e. The van der Waals surface area contributed by atoms with Gasteiger partial charge in [0.25, 0.3) is 0 Å². The average Bonchev–Trinajstić information content (AvgIpc) is 3.20. The number of aryl methyl sites for hydroxylation is 1. The summed E-state index contributed by atoms with van der Waals surface area (Å²) < 4.78 is 45.9. The van der Waals surface area contributed by atoms with E-state index in [2.05, 4.69) is 4.98 Å². The molecule has 0 aliphatic heterocycles. The van der Waals surface area contributed by atoms with Gasteiger partial charge in [-0.15, -0.1) is 0 Å². The van der Waals surface area contributed by atoms with Gasteiger partial charge >= 0.3 is 5.97 Å². The Morgan fingerprint density at radius 3 is 2.30 bits per heavy atom. The Hall–Kier alpha value is -3.45. The second kappa shape index (κ2) is 9.19. The van der Waals surface area contributed by atoms with Gasteiger partial charge in [0.1, 0.15) is 16.4 Å². The molecule has 7 heteroatoms. The average molecular weight is 466 g/mol. The van der Waals surface area contributed by atoms with E-state index >= 15 is 0 Å². The van der Waals surface area contributed by atoms with E-state index in [9.17, 15) is 17.6 Å². The largest absolute Gasteiger partial charge is 0.461 e. The molecule has 4 aromatic rings. The van der Waals surface area contributed by atoms with Crippen LogP contribution in [0, 0.1) is 12.7 Å².